The maximum absolute atomic E-state index is 12.6. The number of rotatable bonds is 4. The van der Waals surface area contributed by atoms with Crippen LogP contribution in [0.5, 0.6) is 0 Å². The van der Waals surface area contributed by atoms with Crippen molar-refractivity contribution < 1.29 is 9.59 Å². The van der Waals surface area contributed by atoms with Gasteiger partial charge in [0.05, 0.1) is 0 Å². The summed E-state index contributed by atoms with van der Waals surface area (Å²) < 4.78 is 4.19. The summed E-state index contributed by atoms with van der Waals surface area (Å²) in [5.74, 6) is 0.941. The molecule has 2 fully saturated rings. The molecule has 1 saturated carbocycles. The average molecular weight is 308 g/mol. The number of hydrogen-bond donors (Lipinski definition) is 0. The summed E-state index contributed by atoms with van der Waals surface area (Å²) in [5, 5.41) is 0.922. The van der Waals surface area contributed by atoms with E-state index in [1.54, 1.807) is 0 Å². The Balaban J connectivity index is 1.61. The summed E-state index contributed by atoms with van der Waals surface area (Å²) in [6, 6.07) is 0. The maximum atomic E-state index is 12.6. The van der Waals surface area contributed by atoms with Gasteiger partial charge >= 0.3 is 0 Å². The van der Waals surface area contributed by atoms with E-state index < -0.39 is 5.41 Å². The quantitative estimate of drug-likeness (QED) is 0.783. The smallest absolute Gasteiger partial charge is 0.236 e. The van der Waals surface area contributed by atoms with Gasteiger partial charge < -0.3 is 9.80 Å². The van der Waals surface area contributed by atoms with Crippen LogP contribution >= 0.6 is 11.5 Å². The van der Waals surface area contributed by atoms with Crippen molar-refractivity contribution in [3.8, 4) is 0 Å². The van der Waals surface area contributed by atoms with Crippen LogP contribution in [0.3, 0.4) is 0 Å². The molecule has 0 aromatic carbocycles. The number of aryl methyl sites for hydroxylation is 1. The van der Waals surface area contributed by atoms with Crippen LogP contribution in [0, 0.1) is 12.3 Å². The van der Waals surface area contributed by atoms with Crippen LogP contribution in [-0.4, -0.2) is 52.1 Å². The lowest BCUT2D eigenvalue weighted by atomic mass is 9.97. The van der Waals surface area contributed by atoms with Gasteiger partial charge in [0.1, 0.15) is 17.0 Å². The van der Waals surface area contributed by atoms with E-state index in [1.165, 1.54) is 11.5 Å². The van der Waals surface area contributed by atoms with Crippen LogP contribution in [-0.2, 0) is 9.59 Å². The number of piperazine rings is 1. The summed E-state index contributed by atoms with van der Waals surface area (Å²) in [6.45, 7) is 6.57. The first-order valence-electron chi connectivity index (χ1n) is 7.45. The molecular weight excluding hydrogens is 288 g/mol. The van der Waals surface area contributed by atoms with Gasteiger partial charge in [-0.1, -0.05) is 6.92 Å². The van der Waals surface area contributed by atoms with Crippen molar-refractivity contribution >= 4 is 28.4 Å². The van der Waals surface area contributed by atoms with Gasteiger partial charge in [-0.3, -0.25) is 9.59 Å². The molecule has 1 saturated heterocycles. The second-order valence-corrected chi connectivity index (χ2v) is 6.49. The molecule has 6 nitrogen and oxygen atoms in total. The van der Waals surface area contributed by atoms with Gasteiger partial charge in [0.2, 0.25) is 11.0 Å². The fourth-order valence-corrected chi connectivity index (χ4v) is 3.62. The summed E-state index contributed by atoms with van der Waals surface area (Å²) in [5.41, 5.74) is -0.670. The molecular formula is C14H20N4O2S. The van der Waals surface area contributed by atoms with E-state index in [2.05, 4.69) is 14.3 Å². The average Bonchev–Trinajstić information content (AvgIpc) is 3.22. The molecule has 1 aromatic heterocycles. The Bertz CT molecular complexity index is 559. The van der Waals surface area contributed by atoms with Crippen LogP contribution in [0.25, 0.3) is 0 Å². The molecule has 0 atom stereocenters. The predicted octanol–water partition coefficient (Wildman–Crippen LogP) is 1.25. The predicted molar refractivity (Wildman–Crippen MR) is 80.4 cm³/mol. The summed E-state index contributed by atoms with van der Waals surface area (Å²) in [7, 11) is 0. The second-order valence-electron chi connectivity index (χ2n) is 5.76. The monoisotopic (exact) mass is 308 g/mol. The zero-order valence-corrected chi connectivity index (χ0v) is 13.3. The minimum absolute atomic E-state index is 0.0439. The fraction of sp³-hybridized carbons (Fsp3) is 0.714. The third kappa shape index (κ3) is 2.54. The lowest BCUT2D eigenvalue weighted by Gasteiger charge is -2.36. The van der Waals surface area contributed by atoms with E-state index in [0.717, 1.165) is 36.9 Å². The van der Waals surface area contributed by atoms with Crippen LogP contribution in [0.15, 0.2) is 0 Å². The molecule has 0 spiro atoms. The number of ketones is 1. The van der Waals surface area contributed by atoms with Crippen LogP contribution < -0.4 is 4.90 Å². The number of amides is 1. The highest BCUT2D eigenvalue weighted by molar-refractivity contribution is 7.09. The minimum Gasteiger partial charge on any atom is -0.343 e. The molecule has 2 aliphatic rings. The van der Waals surface area contributed by atoms with Crippen molar-refractivity contribution in [1.29, 1.82) is 0 Å². The maximum Gasteiger partial charge on any atom is 0.236 e. The van der Waals surface area contributed by atoms with E-state index in [-0.39, 0.29) is 11.7 Å². The Labute approximate surface area is 128 Å². The SMILES string of the molecule is CCC(=O)C1(C(=O)N2CCN(c3nc(C)ns3)CC2)CC1. The highest BCUT2D eigenvalue weighted by Gasteiger charge is 2.56. The first-order chi connectivity index (χ1) is 10.1. The van der Waals surface area contributed by atoms with Gasteiger partial charge in [-0.2, -0.15) is 4.37 Å². The van der Waals surface area contributed by atoms with Crippen molar-refractivity contribution in [2.75, 3.05) is 31.1 Å². The number of anilines is 1. The number of carbonyl (C=O) groups excluding carboxylic acids is 2. The normalized spacial score (nSPS) is 20.5. The van der Waals surface area contributed by atoms with E-state index >= 15 is 0 Å². The molecule has 2 heterocycles. The Morgan fingerprint density at radius 3 is 2.38 bits per heavy atom. The highest BCUT2D eigenvalue weighted by Crippen LogP contribution is 2.49. The summed E-state index contributed by atoms with van der Waals surface area (Å²) in [6.07, 6.45) is 1.92. The lowest BCUT2D eigenvalue weighted by Crippen LogP contribution is -2.52. The van der Waals surface area contributed by atoms with Crippen molar-refractivity contribution in [3.63, 3.8) is 0 Å². The standard InChI is InChI=1S/C14H20N4O2S/c1-3-11(19)14(4-5-14)12(20)17-6-8-18(9-7-17)13-15-10(2)16-21-13/h3-9H2,1-2H3. The van der Waals surface area contributed by atoms with Gasteiger partial charge in [-0.25, -0.2) is 4.98 Å². The zero-order chi connectivity index (χ0) is 15.0. The van der Waals surface area contributed by atoms with E-state index in [9.17, 15) is 9.59 Å². The molecule has 1 aliphatic heterocycles. The highest BCUT2D eigenvalue weighted by atomic mass is 32.1. The molecule has 1 amide bonds. The molecule has 7 heteroatoms. The van der Waals surface area contributed by atoms with E-state index in [4.69, 9.17) is 0 Å². The molecule has 0 unspecified atom stereocenters. The van der Waals surface area contributed by atoms with Gasteiger partial charge in [0.25, 0.3) is 0 Å². The van der Waals surface area contributed by atoms with Gasteiger partial charge in [0, 0.05) is 44.1 Å². The van der Waals surface area contributed by atoms with Crippen molar-refractivity contribution in [3.05, 3.63) is 5.82 Å². The van der Waals surface area contributed by atoms with Crippen LogP contribution in [0.4, 0.5) is 5.13 Å². The Hall–Kier alpha value is -1.50. The number of hydrogen-bond acceptors (Lipinski definition) is 6. The first-order valence-corrected chi connectivity index (χ1v) is 8.22. The number of aromatic nitrogens is 2. The molecule has 1 aromatic rings. The summed E-state index contributed by atoms with van der Waals surface area (Å²) >= 11 is 1.40. The molecule has 114 valence electrons. The van der Waals surface area contributed by atoms with Gasteiger partial charge in [-0.15, -0.1) is 0 Å². The molecule has 0 bridgehead atoms. The molecule has 3 rings (SSSR count). The van der Waals surface area contributed by atoms with E-state index in [0.29, 0.717) is 19.5 Å². The fourth-order valence-electron chi connectivity index (χ4n) is 2.89. The van der Waals surface area contributed by atoms with Gasteiger partial charge in [-0.05, 0) is 19.8 Å². The zero-order valence-electron chi connectivity index (χ0n) is 12.5. The molecule has 0 radical (unpaired) electrons. The van der Waals surface area contributed by atoms with Crippen molar-refractivity contribution in [2.45, 2.75) is 33.1 Å². The minimum atomic E-state index is -0.670. The number of Topliss-reactive ketones (excluding diaryl/α,β-unsaturated/α-hetero) is 1. The summed E-state index contributed by atoms with van der Waals surface area (Å²) in [4.78, 5) is 33.0. The van der Waals surface area contributed by atoms with Crippen LogP contribution in [0.2, 0.25) is 0 Å². The number of carbonyl (C=O) groups is 2. The Morgan fingerprint density at radius 1 is 1.24 bits per heavy atom. The van der Waals surface area contributed by atoms with Crippen LogP contribution in [0.1, 0.15) is 32.0 Å². The largest absolute Gasteiger partial charge is 0.343 e. The van der Waals surface area contributed by atoms with Crippen molar-refractivity contribution in [2.24, 2.45) is 5.41 Å². The number of nitrogens with zero attached hydrogens (tertiary/aromatic N) is 4. The van der Waals surface area contributed by atoms with Crippen molar-refractivity contribution in [1.82, 2.24) is 14.3 Å². The Kier molecular flexibility index (Phi) is 3.69. The Morgan fingerprint density at radius 2 is 1.90 bits per heavy atom. The third-order valence-corrected chi connectivity index (χ3v) is 5.24. The first kappa shape index (κ1) is 14.4. The third-order valence-electron chi connectivity index (χ3n) is 4.37. The molecule has 0 N–H and O–H groups in total. The lowest BCUT2D eigenvalue weighted by molar-refractivity contribution is -0.143. The topological polar surface area (TPSA) is 66.4 Å². The molecule has 21 heavy (non-hydrogen) atoms. The second kappa shape index (κ2) is 5.36. The van der Waals surface area contributed by atoms with Gasteiger partial charge in [0.15, 0.2) is 0 Å². The van der Waals surface area contributed by atoms with E-state index in [1.807, 2.05) is 18.7 Å². The molecule has 1 aliphatic carbocycles.